The summed E-state index contributed by atoms with van der Waals surface area (Å²) in [6.45, 7) is 6.14. The van der Waals surface area contributed by atoms with Crippen LogP contribution in [0.1, 0.15) is 38.3 Å². The Kier molecular flexibility index (Phi) is 4.02. The van der Waals surface area contributed by atoms with Crippen molar-refractivity contribution in [3.63, 3.8) is 0 Å². The lowest BCUT2D eigenvalue weighted by Gasteiger charge is -2.21. The number of hydrogen-bond acceptors (Lipinski definition) is 0. The summed E-state index contributed by atoms with van der Waals surface area (Å²) in [6.07, 6.45) is -2.29. The van der Waals surface area contributed by atoms with Crippen molar-refractivity contribution in [3.8, 4) is 0 Å². The van der Waals surface area contributed by atoms with E-state index in [2.05, 4.69) is 0 Å². The summed E-state index contributed by atoms with van der Waals surface area (Å²) < 4.78 is 36.1. The van der Waals surface area contributed by atoms with Gasteiger partial charge in [-0.3, -0.25) is 0 Å². The molecular weight excluding hydrogens is 225 g/mol. The average Bonchev–Trinajstić information content (AvgIpc) is 2.15. The van der Waals surface area contributed by atoms with E-state index in [4.69, 9.17) is 0 Å². The fourth-order valence-corrected chi connectivity index (χ4v) is 1.64. The fraction of sp³-hybridized carbons (Fsp3) is 0.429. The summed E-state index contributed by atoms with van der Waals surface area (Å²) in [4.78, 5) is 0. The molecule has 0 aromatic heterocycles. The average molecular weight is 242 g/mol. The van der Waals surface area contributed by atoms with E-state index in [1.807, 2.05) is 45.0 Å². The van der Waals surface area contributed by atoms with Gasteiger partial charge >= 0.3 is 6.18 Å². The van der Waals surface area contributed by atoms with Crippen LogP contribution in [0.3, 0.4) is 0 Å². The summed E-state index contributed by atoms with van der Waals surface area (Å²) in [7, 11) is 0. The highest BCUT2D eigenvalue weighted by Gasteiger charge is 2.24. The molecule has 3 heteroatoms. The Labute approximate surface area is 100 Å². The van der Waals surface area contributed by atoms with Gasteiger partial charge in [0, 0.05) is 0 Å². The molecule has 0 atom stereocenters. The molecule has 0 unspecified atom stereocenters. The molecule has 94 valence electrons. The molecule has 0 fully saturated rings. The molecule has 0 saturated heterocycles. The number of halogens is 3. The standard InChI is InChI=1S/C14H17F3/c1-13(2,3)12-9-5-4-7-11(12)8-6-10-14(15,16)17/h4-9H,10H2,1-3H3. The molecule has 0 saturated carbocycles. The number of allylic oxidation sites excluding steroid dienone is 1. The van der Waals surface area contributed by atoms with Crippen molar-refractivity contribution >= 4 is 6.08 Å². The molecule has 0 aliphatic heterocycles. The molecule has 0 spiro atoms. The first-order chi connectivity index (χ1) is 7.70. The molecule has 1 aromatic rings. The number of hydrogen-bond donors (Lipinski definition) is 0. The van der Waals surface area contributed by atoms with E-state index < -0.39 is 12.6 Å². The van der Waals surface area contributed by atoms with Gasteiger partial charge in [0.15, 0.2) is 0 Å². The van der Waals surface area contributed by atoms with E-state index in [9.17, 15) is 13.2 Å². The van der Waals surface area contributed by atoms with Crippen molar-refractivity contribution in [3.05, 3.63) is 41.5 Å². The maximum Gasteiger partial charge on any atom is 0.392 e. The lowest BCUT2D eigenvalue weighted by Crippen LogP contribution is -2.12. The van der Waals surface area contributed by atoms with E-state index in [-0.39, 0.29) is 5.41 Å². The quantitative estimate of drug-likeness (QED) is 0.688. The van der Waals surface area contributed by atoms with Crippen LogP contribution < -0.4 is 0 Å². The first kappa shape index (κ1) is 13.8. The first-order valence-corrected chi connectivity index (χ1v) is 5.53. The smallest absolute Gasteiger partial charge is 0.171 e. The van der Waals surface area contributed by atoms with Crippen molar-refractivity contribution in [1.82, 2.24) is 0 Å². The van der Waals surface area contributed by atoms with Crippen LogP contribution in [0.5, 0.6) is 0 Å². The SMILES string of the molecule is CC(C)(C)c1ccccc1C=CCC(F)(F)F. The minimum Gasteiger partial charge on any atom is -0.171 e. The molecule has 0 nitrogen and oxygen atoms in total. The van der Waals surface area contributed by atoms with Gasteiger partial charge in [-0.1, -0.05) is 57.2 Å². The van der Waals surface area contributed by atoms with Crippen LogP contribution in [0.15, 0.2) is 30.3 Å². The summed E-state index contributed by atoms with van der Waals surface area (Å²) >= 11 is 0. The molecule has 0 aliphatic carbocycles. The second-order valence-electron chi connectivity index (χ2n) is 5.06. The Morgan fingerprint density at radius 1 is 1.06 bits per heavy atom. The van der Waals surface area contributed by atoms with E-state index >= 15 is 0 Å². The number of rotatable bonds is 2. The van der Waals surface area contributed by atoms with Crippen LogP contribution in [-0.2, 0) is 5.41 Å². The minimum absolute atomic E-state index is 0.0703. The van der Waals surface area contributed by atoms with E-state index in [0.29, 0.717) is 0 Å². The number of alkyl halides is 3. The van der Waals surface area contributed by atoms with Crippen LogP contribution in [0.4, 0.5) is 13.2 Å². The zero-order valence-electron chi connectivity index (χ0n) is 10.3. The first-order valence-electron chi connectivity index (χ1n) is 5.53. The lowest BCUT2D eigenvalue weighted by atomic mass is 9.83. The summed E-state index contributed by atoms with van der Waals surface area (Å²) in [6, 6.07) is 7.53. The van der Waals surface area contributed by atoms with Gasteiger partial charge in [0.2, 0.25) is 0 Å². The Morgan fingerprint density at radius 3 is 2.18 bits per heavy atom. The molecule has 17 heavy (non-hydrogen) atoms. The Balaban J connectivity index is 2.92. The summed E-state index contributed by atoms with van der Waals surface area (Å²) in [5.74, 6) is 0. The maximum atomic E-state index is 12.0. The van der Waals surface area contributed by atoms with Gasteiger partial charge in [0.05, 0.1) is 6.42 Å². The summed E-state index contributed by atoms with van der Waals surface area (Å²) in [5.41, 5.74) is 1.83. The zero-order chi connectivity index (χ0) is 13.1. The number of benzene rings is 1. The van der Waals surface area contributed by atoms with Crippen molar-refractivity contribution in [1.29, 1.82) is 0 Å². The molecule has 0 bridgehead atoms. The molecule has 0 N–H and O–H groups in total. The predicted octanol–water partition coefficient (Wildman–Crippen LogP) is 4.95. The van der Waals surface area contributed by atoms with Gasteiger partial charge < -0.3 is 0 Å². The Morgan fingerprint density at radius 2 is 1.65 bits per heavy atom. The molecule has 1 rings (SSSR count). The highest BCUT2D eigenvalue weighted by Crippen LogP contribution is 2.27. The monoisotopic (exact) mass is 242 g/mol. The second kappa shape index (κ2) is 4.94. The second-order valence-corrected chi connectivity index (χ2v) is 5.06. The minimum atomic E-state index is -4.13. The summed E-state index contributed by atoms with van der Waals surface area (Å²) in [5, 5.41) is 0. The van der Waals surface area contributed by atoms with Crippen molar-refractivity contribution in [2.24, 2.45) is 0 Å². The molecule has 0 amide bonds. The highest BCUT2D eigenvalue weighted by molar-refractivity contribution is 5.55. The van der Waals surface area contributed by atoms with Crippen LogP contribution in [-0.4, -0.2) is 6.18 Å². The van der Waals surface area contributed by atoms with Crippen LogP contribution >= 0.6 is 0 Å². The third kappa shape index (κ3) is 4.63. The van der Waals surface area contributed by atoms with Crippen molar-refractivity contribution in [2.75, 3.05) is 0 Å². The van der Waals surface area contributed by atoms with Gasteiger partial charge in [0.1, 0.15) is 0 Å². The molecule has 0 aliphatic rings. The van der Waals surface area contributed by atoms with Gasteiger partial charge in [-0.15, -0.1) is 0 Å². The highest BCUT2D eigenvalue weighted by atomic mass is 19.4. The van der Waals surface area contributed by atoms with Crippen molar-refractivity contribution in [2.45, 2.75) is 38.8 Å². The van der Waals surface area contributed by atoms with Gasteiger partial charge in [0.25, 0.3) is 0 Å². The largest absolute Gasteiger partial charge is 0.392 e. The van der Waals surface area contributed by atoms with Gasteiger partial charge in [-0.05, 0) is 16.5 Å². The predicted molar refractivity (Wildman–Crippen MR) is 64.8 cm³/mol. The third-order valence-electron chi connectivity index (χ3n) is 2.42. The van der Waals surface area contributed by atoms with Crippen molar-refractivity contribution < 1.29 is 13.2 Å². The Hall–Kier alpha value is -1.25. The van der Waals surface area contributed by atoms with Gasteiger partial charge in [-0.25, -0.2) is 0 Å². The van der Waals surface area contributed by atoms with Gasteiger partial charge in [-0.2, -0.15) is 13.2 Å². The third-order valence-corrected chi connectivity index (χ3v) is 2.42. The Bertz CT molecular complexity index is 395. The molecule has 0 radical (unpaired) electrons. The molecule has 1 aromatic carbocycles. The van der Waals surface area contributed by atoms with Crippen LogP contribution in [0.2, 0.25) is 0 Å². The topological polar surface area (TPSA) is 0 Å². The molecule has 0 heterocycles. The van der Waals surface area contributed by atoms with Crippen LogP contribution in [0, 0.1) is 0 Å². The fourth-order valence-electron chi connectivity index (χ4n) is 1.64. The zero-order valence-corrected chi connectivity index (χ0v) is 10.3. The van der Waals surface area contributed by atoms with Crippen LogP contribution in [0.25, 0.3) is 6.08 Å². The van der Waals surface area contributed by atoms with E-state index in [0.717, 1.165) is 11.1 Å². The maximum absolute atomic E-state index is 12.0. The molecular formula is C14H17F3. The van der Waals surface area contributed by atoms with E-state index in [1.54, 1.807) is 6.08 Å². The lowest BCUT2D eigenvalue weighted by molar-refractivity contribution is -0.124. The normalized spacial score (nSPS) is 13.3. The van der Waals surface area contributed by atoms with E-state index in [1.165, 1.54) is 6.08 Å².